The van der Waals surface area contributed by atoms with Crippen LogP contribution in [0.5, 0.6) is 0 Å². The molecular formula is C15H22F3NO. The molecular weight excluding hydrogens is 267 g/mol. The molecule has 20 heavy (non-hydrogen) atoms. The van der Waals surface area contributed by atoms with Gasteiger partial charge in [-0.3, -0.25) is 0 Å². The molecule has 0 heterocycles. The molecule has 0 saturated carbocycles. The summed E-state index contributed by atoms with van der Waals surface area (Å²) in [5.74, 6) is 0. The molecule has 1 rings (SSSR count). The summed E-state index contributed by atoms with van der Waals surface area (Å²) in [5.41, 5.74) is 0.987. The van der Waals surface area contributed by atoms with Gasteiger partial charge in [-0.25, -0.2) is 0 Å². The number of hydrogen-bond acceptors (Lipinski definition) is 2. The van der Waals surface area contributed by atoms with Crippen LogP contribution < -0.4 is 5.32 Å². The molecule has 0 aromatic heterocycles. The van der Waals surface area contributed by atoms with Crippen LogP contribution in [0.1, 0.15) is 37.9 Å². The maximum atomic E-state index is 12.2. The van der Waals surface area contributed by atoms with Gasteiger partial charge in [0.15, 0.2) is 0 Å². The maximum Gasteiger partial charge on any atom is 0.389 e. The second-order valence-corrected chi connectivity index (χ2v) is 4.69. The van der Waals surface area contributed by atoms with Gasteiger partial charge in [-0.05, 0) is 32.4 Å². The maximum absolute atomic E-state index is 12.2. The molecule has 0 aliphatic rings. The molecule has 2 nitrogen and oxygen atoms in total. The van der Waals surface area contributed by atoms with Gasteiger partial charge >= 0.3 is 6.18 Å². The highest BCUT2D eigenvalue weighted by molar-refractivity contribution is 5.19. The van der Waals surface area contributed by atoms with Crippen molar-refractivity contribution in [2.75, 3.05) is 13.7 Å². The van der Waals surface area contributed by atoms with Gasteiger partial charge in [0.05, 0.1) is 6.10 Å². The van der Waals surface area contributed by atoms with Crippen molar-refractivity contribution in [2.45, 2.75) is 44.5 Å². The van der Waals surface area contributed by atoms with Gasteiger partial charge in [-0.1, -0.05) is 30.3 Å². The van der Waals surface area contributed by atoms with E-state index in [0.717, 1.165) is 5.56 Å². The number of benzene rings is 1. The summed E-state index contributed by atoms with van der Waals surface area (Å²) in [4.78, 5) is 0. The molecule has 1 aromatic carbocycles. The predicted molar refractivity (Wildman–Crippen MR) is 73.6 cm³/mol. The number of alkyl halides is 3. The SMILES string of the molecule is CCOC(c1ccccc1)C(CCCC(F)(F)F)NC. The van der Waals surface area contributed by atoms with Gasteiger partial charge < -0.3 is 10.1 Å². The van der Waals surface area contributed by atoms with E-state index in [9.17, 15) is 13.2 Å². The lowest BCUT2D eigenvalue weighted by molar-refractivity contribution is -0.136. The van der Waals surface area contributed by atoms with Crippen LogP contribution in [0.15, 0.2) is 30.3 Å². The molecule has 1 aromatic rings. The zero-order chi connectivity index (χ0) is 15.0. The number of halogens is 3. The number of nitrogens with one attached hydrogen (secondary N) is 1. The molecule has 0 spiro atoms. The van der Waals surface area contributed by atoms with Gasteiger partial charge in [0.25, 0.3) is 0 Å². The summed E-state index contributed by atoms with van der Waals surface area (Å²) in [5, 5.41) is 3.08. The van der Waals surface area contributed by atoms with Crippen LogP contribution in [0.3, 0.4) is 0 Å². The van der Waals surface area contributed by atoms with E-state index in [0.29, 0.717) is 13.0 Å². The average molecular weight is 289 g/mol. The highest BCUT2D eigenvalue weighted by Gasteiger charge is 2.28. The lowest BCUT2D eigenvalue weighted by Crippen LogP contribution is -2.34. The van der Waals surface area contributed by atoms with Crippen LogP contribution >= 0.6 is 0 Å². The van der Waals surface area contributed by atoms with E-state index in [-0.39, 0.29) is 18.6 Å². The van der Waals surface area contributed by atoms with Crippen molar-refractivity contribution in [3.05, 3.63) is 35.9 Å². The van der Waals surface area contributed by atoms with E-state index in [2.05, 4.69) is 5.32 Å². The first-order chi connectivity index (χ1) is 9.48. The minimum absolute atomic E-state index is 0.103. The molecule has 0 aliphatic carbocycles. The van der Waals surface area contributed by atoms with E-state index >= 15 is 0 Å². The third-order valence-electron chi connectivity index (χ3n) is 3.19. The average Bonchev–Trinajstić information content (AvgIpc) is 2.41. The summed E-state index contributed by atoms with van der Waals surface area (Å²) in [6.07, 6.45) is -4.54. The standard InChI is InChI=1S/C15H22F3NO/c1-3-20-14(12-8-5-4-6-9-12)13(19-2)10-7-11-15(16,17)18/h4-6,8-9,13-14,19H,3,7,10-11H2,1-2H3. The summed E-state index contributed by atoms with van der Waals surface area (Å²) in [7, 11) is 1.76. The van der Waals surface area contributed by atoms with Crippen LogP contribution in [0, 0.1) is 0 Å². The van der Waals surface area contributed by atoms with Gasteiger partial charge in [0.2, 0.25) is 0 Å². The number of likely N-dealkylation sites (N-methyl/N-ethyl adjacent to an activating group) is 1. The quantitative estimate of drug-likeness (QED) is 0.778. The second-order valence-electron chi connectivity index (χ2n) is 4.69. The van der Waals surface area contributed by atoms with E-state index in [1.807, 2.05) is 37.3 Å². The molecule has 0 bridgehead atoms. The van der Waals surface area contributed by atoms with E-state index in [1.165, 1.54) is 0 Å². The third-order valence-corrected chi connectivity index (χ3v) is 3.19. The first-order valence-electron chi connectivity index (χ1n) is 6.88. The number of ether oxygens (including phenoxy) is 1. The van der Waals surface area contributed by atoms with Crippen LogP contribution in [-0.4, -0.2) is 25.9 Å². The molecule has 0 fully saturated rings. The molecule has 2 unspecified atom stereocenters. The number of hydrogen-bond donors (Lipinski definition) is 1. The Morgan fingerprint density at radius 1 is 1.20 bits per heavy atom. The second kappa shape index (κ2) is 8.27. The van der Waals surface area contributed by atoms with Crippen molar-refractivity contribution in [1.82, 2.24) is 5.32 Å². The summed E-state index contributed by atoms with van der Waals surface area (Å²) in [6, 6.07) is 9.47. The monoisotopic (exact) mass is 289 g/mol. The highest BCUT2D eigenvalue weighted by atomic mass is 19.4. The van der Waals surface area contributed by atoms with Crippen molar-refractivity contribution >= 4 is 0 Å². The Morgan fingerprint density at radius 2 is 1.85 bits per heavy atom. The van der Waals surface area contributed by atoms with Crippen molar-refractivity contribution in [3.8, 4) is 0 Å². The first-order valence-corrected chi connectivity index (χ1v) is 6.88. The normalized spacial score (nSPS) is 15.1. The van der Waals surface area contributed by atoms with Crippen molar-refractivity contribution in [1.29, 1.82) is 0 Å². The molecule has 0 radical (unpaired) electrons. The fourth-order valence-corrected chi connectivity index (χ4v) is 2.24. The predicted octanol–water partition coefficient (Wildman–Crippen LogP) is 4.08. The number of rotatable bonds is 8. The van der Waals surface area contributed by atoms with E-state index < -0.39 is 12.6 Å². The molecule has 114 valence electrons. The fourth-order valence-electron chi connectivity index (χ4n) is 2.24. The Balaban J connectivity index is 2.67. The molecule has 0 saturated heterocycles. The summed E-state index contributed by atoms with van der Waals surface area (Å²) in [6.45, 7) is 2.41. The van der Waals surface area contributed by atoms with Gasteiger partial charge in [-0.15, -0.1) is 0 Å². The minimum Gasteiger partial charge on any atom is -0.372 e. The molecule has 5 heteroatoms. The Kier molecular flexibility index (Phi) is 7.02. The van der Waals surface area contributed by atoms with E-state index in [4.69, 9.17) is 4.74 Å². The van der Waals surface area contributed by atoms with Crippen molar-refractivity contribution < 1.29 is 17.9 Å². The van der Waals surface area contributed by atoms with Gasteiger partial charge in [0.1, 0.15) is 0 Å². The lowest BCUT2D eigenvalue weighted by atomic mass is 9.97. The van der Waals surface area contributed by atoms with Gasteiger partial charge in [-0.2, -0.15) is 13.2 Å². The highest BCUT2D eigenvalue weighted by Crippen LogP contribution is 2.27. The van der Waals surface area contributed by atoms with Crippen molar-refractivity contribution in [2.24, 2.45) is 0 Å². The third kappa shape index (κ3) is 5.92. The minimum atomic E-state index is -4.09. The van der Waals surface area contributed by atoms with Crippen LogP contribution in [0.25, 0.3) is 0 Å². The smallest absolute Gasteiger partial charge is 0.372 e. The lowest BCUT2D eigenvalue weighted by Gasteiger charge is -2.27. The Hall–Kier alpha value is -1.07. The fraction of sp³-hybridized carbons (Fsp3) is 0.600. The van der Waals surface area contributed by atoms with E-state index in [1.54, 1.807) is 7.05 Å². The Labute approximate surface area is 118 Å². The first kappa shape index (κ1) is 17.0. The molecule has 1 N–H and O–H groups in total. The molecule has 0 amide bonds. The molecule has 0 aliphatic heterocycles. The molecule has 2 atom stereocenters. The summed E-state index contributed by atoms with van der Waals surface area (Å²) < 4.78 is 42.4. The Bertz CT molecular complexity index is 367. The Morgan fingerprint density at radius 3 is 2.35 bits per heavy atom. The van der Waals surface area contributed by atoms with Crippen LogP contribution in [0.2, 0.25) is 0 Å². The topological polar surface area (TPSA) is 21.3 Å². The van der Waals surface area contributed by atoms with Crippen LogP contribution in [-0.2, 0) is 4.74 Å². The zero-order valence-electron chi connectivity index (χ0n) is 11.9. The van der Waals surface area contributed by atoms with Crippen LogP contribution in [0.4, 0.5) is 13.2 Å². The zero-order valence-corrected chi connectivity index (χ0v) is 11.9. The van der Waals surface area contributed by atoms with Crippen molar-refractivity contribution in [3.63, 3.8) is 0 Å². The van der Waals surface area contributed by atoms with Gasteiger partial charge in [0, 0.05) is 19.1 Å². The largest absolute Gasteiger partial charge is 0.389 e. The summed E-state index contributed by atoms with van der Waals surface area (Å²) >= 11 is 0.